The molecule has 4 nitrogen and oxygen atoms in total. The predicted molar refractivity (Wildman–Crippen MR) is 69.0 cm³/mol. The lowest BCUT2D eigenvalue weighted by atomic mass is 9.91. The van der Waals surface area contributed by atoms with Gasteiger partial charge in [0.1, 0.15) is 6.61 Å². The summed E-state index contributed by atoms with van der Waals surface area (Å²) in [5.74, 6) is 0.0327. The van der Waals surface area contributed by atoms with E-state index in [9.17, 15) is 4.79 Å². The molecule has 1 aliphatic rings. The lowest BCUT2D eigenvalue weighted by molar-refractivity contribution is -0.126. The fourth-order valence-corrected chi connectivity index (χ4v) is 2.31. The first-order chi connectivity index (χ1) is 8.26. The van der Waals surface area contributed by atoms with Gasteiger partial charge in [0.2, 0.25) is 5.91 Å². The summed E-state index contributed by atoms with van der Waals surface area (Å²) in [6.07, 6.45) is 5.44. The summed E-state index contributed by atoms with van der Waals surface area (Å²) >= 11 is 0. The van der Waals surface area contributed by atoms with Crippen molar-refractivity contribution in [1.29, 1.82) is 0 Å². The Morgan fingerprint density at radius 2 is 1.82 bits per heavy atom. The second-order valence-electron chi connectivity index (χ2n) is 4.73. The number of carbonyl (C=O) groups is 1. The molecule has 1 fully saturated rings. The summed E-state index contributed by atoms with van der Waals surface area (Å²) in [4.78, 5) is 11.5. The Kier molecular flexibility index (Phi) is 7.21. The SMILES string of the molecule is CCCOCC(=O)NC1CCC(NCC)CC1. The van der Waals surface area contributed by atoms with E-state index < -0.39 is 0 Å². The fourth-order valence-electron chi connectivity index (χ4n) is 2.31. The smallest absolute Gasteiger partial charge is 0.246 e. The van der Waals surface area contributed by atoms with Crippen molar-refractivity contribution < 1.29 is 9.53 Å². The topological polar surface area (TPSA) is 50.4 Å². The molecule has 0 saturated heterocycles. The molecule has 0 aromatic heterocycles. The van der Waals surface area contributed by atoms with Gasteiger partial charge in [-0.1, -0.05) is 13.8 Å². The van der Waals surface area contributed by atoms with Crippen LogP contribution in [0.25, 0.3) is 0 Å². The molecule has 0 unspecified atom stereocenters. The average molecular weight is 242 g/mol. The van der Waals surface area contributed by atoms with Crippen LogP contribution in [0.1, 0.15) is 46.0 Å². The van der Waals surface area contributed by atoms with E-state index in [0.717, 1.165) is 38.6 Å². The zero-order valence-corrected chi connectivity index (χ0v) is 11.1. The molecule has 0 aliphatic heterocycles. The first-order valence-corrected chi connectivity index (χ1v) is 6.86. The molecular weight excluding hydrogens is 216 g/mol. The second kappa shape index (κ2) is 8.48. The van der Waals surface area contributed by atoms with Crippen molar-refractivity contribution in [3.8, 4) is 0 Å². The van der Waals surface area contributed by atoms with Gasteiger partial charge in [-0.15, -0.1) is 0 Å². The summed E-state index contributed by atoms with van der Waals surface area (Å²) in [6.45, 7) is 6.09. The van der Waals surface area contributed by atoms with Crippen LogP contribution in [0.2, 0.25) is 0 Å². The van der Waals surface area contributed by atoms with Crippen LogP contribution in [0.3, 0.4) is 0 Å². The molecule has 100 valence electrons. The molecule has 0 heterocycles. The van der Waals surface area contributed by atoms with Gasteiger partial charge in [0.05, 0.1) is 0 Å². The first kappa shape index (κ1) is 14.5. The number of rotatable bonds is 7. The Balaban J connectivity index is 2.10. The molecular formula is C13H26N2O2. The molecule has 1 rings (SSSR count). The van der Waals surface area contributed by atoms with Gasteiger partial charge in [-0.25, -0.2) is 0 Å². The van der Waals surface area contributed by atoms with Gasteiger partial charge >= 0.3 is 0 Å². The van der Waals surface area contributed by atoms with E-state index in [-0.39, 0.29) is 12.5 Å². The van der Waals surface area contributed by atoms with E-state index in [1.165, 1.54) is 0 Å². The molecule has 1 saturated carbocycles. The Labute approximate surface area is 104 Å². The summed E-state index contributed by atoms with van der Waals surface area (Å²) in [5.41, 5.74) is 0. The van der Waals surface area contributed by atoms with Crippen molar-refractivity contribution in [1.82, 2.24) is 10.6 Å². The highest BCUT2D eigenvalue weighted by Crippen LogP contribution is 2.18. The van der Waals surface area contributed by atoms with Gasteiger partial charge in [-0.3, -0.25) is 4.79 Å². The van der Waals surface area contributed by atoms with E-state index in [2.05, 4.69) is 17.6 Å². The Bertz CT molecular complexity index is 213. The highest BCUT2D eigenvalue weighted by molar-refractivity contribution is 5.77. The maximum atomic E-state index is 11.5. The number of nitrogens with one attached hydrogen (secondary N) is 2. The molecule has 0 atom stereocenters. The summed E-state index contributed by atoms with van der Waals surface area (Å²) < 4.78 is 5.22. The van der Waals surface area contributed by atoms with Gasteiger partial charge in [-0.05, 0) is 38.6 Å². The molecule has 17 heavy (non-hydrogen) atoms. The number of hydrogen-bond donors (Lipinski definition) is 2. The van der Waals surface area contributed by atoms with Gasteiger partial charge in [-0.2, -0.15) is 0 Å². The molecule has 0 bridgehead atoms. The molecule has 0 spiro atoms. The highest BCUT2D eigenvalue weighted by atomic mass is 16.5. The van der Waals surface area contributed by atoms with Crippen molar-refractivity contribution in [2.24, 2.45) is 0 Å². The van der Waals surface area contributed by atoms with Crippen LogP contribution in [-0.2, 0) is 9.53 Å². The summed E-state index contributed by atoms with van der Waals surface area (Å²) in [5, 5.41) is 6.51. The van der Waals surface area contributed by atoms with Gasteiger partial charge in [0.25, 0.3) is 0 Å². The first-order valence-electron chi connectivity index (χ1n) is 6.86. The monoisotopic (exact) mass is 242 g/mol. The minimum Gasteiger partial charge on any atom is -0.372 e. The number of carbonyl (C=O) groups excluding carboxylic acids is 1. The third-order valence-corrected chi connectivity index (χ3v) is 3.17. The molecule has 0 aromatic rings. The maximum Gasteiger partial charge on any atom is 0.246 e. The van der Waals surface area contributed by atoms with E-state index >= 15 is 0 Å². The molecule has 0 radical (unpaired) electrons. The molecule has 4 heteroatoms. The van der Waals surface area contributed by atoms with Crippen molar-refractivity contribution >= 4 is 5.91 Å². The number of amides is 1. The van der Waals surface area contributed by atoms with Crippen LogP contribution in [0.4, 0.5) is 0 Å². The lowest BCUT2D eigenvalue weighted by Crippen LogP contribution is -2.43. The van der Waals surface area contributed by atoms with Crippen molar-refractivity contribution in [2.75, 3.05) is 19.8 Å². The molecule has 1 aliphatic carbocycles. The van der Waals surface area contributed by atoms with Crippen LogP contribution in [0.5, 0.6) is 0 Å². The quantitative estimate of drug-likeness (QED) is 0.664. The van der Waals surface area contributed by atoms with Crippen LogP contribution < -0.4 is 10.6 Å². The Morgan fingerprint density at radius 1 is 1.18 bits per heavy atom. The zero-order chi connectivity index (χ0) is 12.5. The second-order valence-corrected chi connectivity index (χ2v) is 4.73. The number of hydrogen-bond acceptors (Lipinski definition) is 3. The minimum atomic E-state index is 0.0327. The standard InChI is InChI=1S/C13H26N2O2/c1-3-9-17-10-13(16)15-12-7-5-11(6-8-12)14-4-2/h11-12,14H,3-10H2,1-2H3,(H,15,16). The molecule has 2 N–H and O–H groups in total. The van der Waals surface area contributed by atoms with Crippen LogP contribution >= 0.6 is 0 Å². The summed E-state index contributed by atoms with van der Waals surface area (Å²) in [7, 11) is 0. The fraction of sp³-hybridized carbons (Fsp3) is 0.923. The van der Waals surface area contributed by atoms with Crippen LogP contribution in [0.15, 0.2) is 0 Å². The van der Waals surface area contributed by atoms with Crippen molar-refractivity contribution in [2.45, 2.75) is 58.0 Å². The van der Waals surface area contributed by atoms with Crippen LogP contribution in [0, 0.1) is 0 Å². The average Bonchev–Trinajstić information content (AvgIpc) is 2.32. The van der Waals surface area contributed by atoms with Gasteiger partial charge in [0.15, 0.2) is 0 Å². The van der Waals surface area contributed by atoms with Crippen LogP contribution in [-0.4, -0.2) is 37.7 Å². The van der Waals surface area contributed by atoms with E-state index in [0.29, 0.717) is 18.7 Å². The third kappa shape index (κ3) is 6.03. The zero-order valence-electron chi connectivity index (χ0n) is 11.1. The predicted octanol–water partition coefficient (Wildman–Crippen LogP) is 1.45. The molecule has 1 amide bonds. The van der Waals surface area contributed by atoms with Gasteiger partial charge in [0, 0.05) is 18.7 Å². The lowest BCUT2D eigenvalue weighted by Gasteiger charge is -2.29. The van der Waals surface area contributed by atoms with E-state index in [4.69, 9.17) is 4.74 Å². The van der Waals surface area contributed by atoms with E-state index in [1.54, 1.807) is 0 Å². The summed E-state index contributed by atoms with van der Waals surface area (Å²) in [6, 6.07) is 0.993. The highest BCUT2D eigenvalue weighted by Gasteiger charge is 2.21. The Morgan fingerprint density at radius 3 is 2.41 bits per heavy atom. The van der Waals surface area contributed by atoms with Crippen molar-refractivity contribution in [3.63, 3.8) is 0 Å². The number of ether oxygens (including phenoxy) is 1. The van der Waals surface area contributed by atoms with Gasteiger partial charge < -0.3 is 15.4 Å². The van der Waals surface area contributed by atoms with E-state index in [1.807, 2.05) is 6.92 Å². The molecule has 0 aromatic carbocycles. The maximum absolute atomic E-state index is 11.5. The minimum absolute atomic E-state index is 0.0327. The Hall–Kier alpha value is -0.610. The normalized spacial score (nSPS) is 24.6. The third-order valence-electron chi connectivity index (χ3n) is 3.17. The van der Waals surface area contributed by atoms with Crippen molar-refractivity contribution in [3.05, 3.63) is 0 Å². The largest absolute Gasteiger partial charge is 0.372 e.